The summed E-state index contributed by atoms with van der Waals surface area (Å²) in [5, 5.41) is -0.624. The first-order valence-electron chi connectivity index (χ1n) is 6.08. The van der Waals surface area contributed by atoms with E-state index in [0.717, 1.165) is 17.3 Å². The first-order valence-corrected chi connectivity index (χ1v) is 6.96. The second-order valence-corrected chi connectivity index (χ2v) is 5.49. The molecule has 0 aliphatic carbocycles. The fourth-order valence-corrected chi connectivity index (χ4v) is 2.97. The number of rotatable bonds is 5. The van der Waals surface area contributed by atoms with Crippen molar-refractivity contribution in [2.24, 2.45) is 5.73 Å². The average molecular weight is 282 g/mol. The molecule has 1 heterocycles. The van der Waals surface area contributed by atoms with Crippen LogP contribution in [-0.4, -0.2) is 34.4 Å². The monoisotopic (exact) mass is 282 g/mol. The topological polar surface area (TPSA) is 63.4 Å². The number of nitrogens with zero attached hydrogens (tertiary/aromatic N) is 1. The summed E-state index contributed by atoms with van der Waals surface area (Å²) in [6.07, 6.45) is 1.05. The van der Waals surface area contributed by atoms with Crippen molar-refractivity contribution < 1.29 is 14.0 Å². The van der Waals surface area contributed by atoms with Gasteiger partial charge in [-0.1, -0.05) is 23.9 Å². The Bertz CT molecular complexity index is 478. The number of carbonyl (C=O) groups excluding carboxylic acids is 2. The normalized spacial score (nSPS) is 19.3. The molecule has 0 saturated carbocycles. The molecule has 1 aromatic carbocycles. The lowest BCUT2D eigenvalue weighted by Gasteiger charge is -2.12. The number of nitrogens with two attached hydrogens (primary N) is 1. The van der Waals surface area contributed by atoms with Crippen LogP contribution in [0.1, 0.15) is 12.0 Å². The Morgan fingerprint density at radius 2 is 1.95 bits per heavy atom. The van der Waals surface area contributed by atoms with Gasteiger partial charge in [-0.2, -0.15) is 0 Å². The SMILES string of the molecule is NCCCN1C(=O)S[C@H](Cc2ccc(F)cc2)C1=O. The fraction of sp³-hybridized carbons (Fsp3) is 0.385. The molecule has 1 aliphatic rings. The first kappa shape index (κ1) is 14.0. The Hall–Kier alpha value is -1.40. The zero-order valence-electron chi connectivity index (χ0n) is 10.3. The highest BCUT2D eigenvalue weighted by Crippen LogP contribution is 2.29. The van der Waals surface area contributed by atoms with Crippen LogP contribution >= 0.6 is 11.8 Å². The summed E-state index contributed by atoms with van der Waals surface area (Å²) in [6.45, 7) is 0.825. The molecule has 1 aromatic rings. The molecule has 1 saturated heterocycles. The van der Waals surface area contributed by atoms with Crippen molar-refractivity contribution in [3.05, 3.63) is 35.6 Å². The van der Waals surface area contributed by atoms with Gasteiger partial charge in [0.25, 0.3) is 5.24 Å². The van der Waals surface area contributed by atoms with E-state index in [1.807, 2.05) is 0 Å². The Labute approximate surface area is 115 Å². The van der Waals surface area contributed by atoms with Crippen molar-refractivity contribution in [1.29, 1.82) is 0 Å². The van der Waals surface area contributed by atoms with E-state index in [1.165, 1.54) is 17.0 Å². The lowest BCUT2D eigenvalue weighted by Crippen LogP contribution is -2.33. The summed E-state index contributed by atoms with van der Waals surface area (Å²) < 4.78 is 12.8. The predicted molar refractivity (Wildman–Crippen MR) is 72.3 cm³/mol. The third-order valence-electron chi connectivity index (χ3n) is 2.93. The van der Waals surface area contributed by atoms with Crippen LogP contribution in [0.3, 0.4) is 0 Å². The van der Waals surface area contributed by atoms with E-state index in [1.54, 1.807) is 12.1 Å². The van der Waals surface area contributed by atoms with Crippen LogP contribution in [0.2, 0.25) is 0 Å². The summed E-state index contributed by atoms with van der Waals surface area (Å²) in [5.41, 5.74) is 6.23. The Kier molecular flexibility index (Phi) is 4.55. The van der Waals surface area contributed by atoms with Crippen LogP contribution in [0.25, 0.3) is 0 Å². The number of hydrogen-bond acceptors (Lipinski definition) is 4. The summed E-state index contributed by atoms with van der Waals surface area (Å²) in [4.78, 5) is 25.0. The molecule has 19 heavy (non-hydrogen) atoms. The number of hydrogen-bond donors (Lipinski definition) is 1. The molecular formula is C13H15FN2O2S. The molecular weight excluding hydrogens is 267 g/mol. The molecule has 0 aromatic heterocycles. The number of amides is 2. The highest BCUT2D eigenvalue weighted by molar-refractivity contribution is 8.15. The zero-order valence-corrected chi connectivity index (χ0v) is 11.2. The second-order valence-electron chi connectivity index (χ2n) is 4.34. The lowest BCUT2D eigenvalue weighted by molar-refractivity contribution is -0.126. The number of imide groups is 1. The minimum absolute atomic E-state index is 0.173. The van der Waals surface area contributed by atoms with Gasteiger partial charge in [-0.3, -0.25) is 14.5 Å². The molecule has 0 unspecified atom stereocenters. The summed E-state index contributed by atoms with van der Waals surface area (Å²) in [6, 6.07) is 5.98. The van der Waals surface area contributed by atoms with Gasteiger partial charge in [0.2, 0.25) is 5.91 Å². The molecule has 102 valence electrons. The van der Waals surface area contributed by atoms with Crippen LogP contribution in [-0.2, 0) is 11.2 Å². The highest BCUT2D eigenvalue weighted by atomic mass is 32.2. The van der Waals surface area contributed by atoms with Crippen LogP contribution in [0.4, 0.5) is 9.18 Å². The van der Waals surface area contributed by atoms with E-state index in [9.17, 15) is 14.0 Å². The minimum atomic E-state index is -0.407. The van der Waals surface area contributed by atoms with Gasteiger partial charge in [-0.05, 0) is 37.1 Å². The third-order valence-corrected chi connectivity index (χ3v) is 4.00. The van der Waals surface area contributed by atoms with Crippen molar-refractivity contribution in [2.45, 2.75) is 18.1 Å². The van der Waals surface area contributed by atoms with E-state index in [0.29, 0.717) is 25.9 Å². The van der Waals surface area contributed by atoms with Gasteiger partial charge in [0.15, 0.2) is 0 Å². The maximum atomic E-state index is 12.8. The quantitative estimate of drug-likeness (QED) is 0.894. The Morgan fingerprint density at radius 3 is 2.58 bits per heavy atom. The van der Waals surface area contributed by atoms with Gasteiger partial charge in [0.1, 0.15) is 5.82 Å². The lowest BCUT2D eigenvalue weighted by atomic mass is 10.1. The number of carbonyl (C=O) groups is 2. The molecule has 0 bridgehead atoms. The summed E-state index contributed by atoms with van der Waals surface area (Å²) in [5.74, 6) is -0.484. The molecule has 0 radical (unpaired) electrons. The molecule has 0 spiro atoms. The van der Waals surface area contributed by atoms with Crippen molar-refractivity contribution in [3.63, 3.8) is 0 Å². The standard InChI is InChI=1S/C13H15FN2O2S/c14-10-4-2-9(3-5-10)8-11-12(17)16(7-1-6-15)13(18)19-11/h2-5,11H,1,6-8,15H2/t11-/m1/s1. The smallest absolute Gasteiger partial charge is 0.289 e. The summed E-state index contributed by atoms with van der Waals surface area (Å²) >= 11 is 1.03. The van der Waals surface area contributed by atoms with Crippen LogP contribution in [0.15, 0.2) is 24.3 Å². The van der Waals surface area contributed by atoms with Crippen molar-refractivity contribution in [1.82, 2.24) is 4.90 Å². The molecule has 2 amide bonds. The van der Waals surface area contributed by atoms with E-state index >= 15 is 0 Å². The van der Waals surface area contributed by atoms with Crippen molar-refractivity contribution in [2.75, 3.05) is 13.1 Å². The third kappa shape index (κ3) is 3.33. The van der Waals surface area contributed by atoms with Gasteiger partial charge in [-0.15, -0.1) is 0 Å². The molecule has 1 atom stereocenters. The molecule has 1 aliphatic heterocycles. The molecule has 6 heteroatoms. The van der Waals surface area contributed by atoms with Crippen LogP contribution in [0.5, 0.6) is 0 Å². The van der Waals surface area contributed by atoms with E-state index < -0.39 is 5.25 Å². The largest absolute Gasteiger partial charge is 0.330 e. The molecule has 2 N–H and O–H groups in total. The van der Waals surface area contributed by atoms with Gasteiger partial charge in [0, 0.05) is 6.54 Å². The van der Waals surface area contributed by atoms with Crippen molar-refractivity contribution >= 4 is 22.9 Å². The van der Waals surface area contributed by atoms with Crippen LogP contribution < -0.4 is 5.73 Å². The van der Waals surface area contributed by atoms with Gasteiger partial charge < -0.3 is 5.73 Å². The van der Waals surface area contributed by atoms with E-state index in [2.05, 4.69) is 0 Å². The van der Waals surface area contributed by atoms with Crippen molar-refractivity contribution in [3.8, 4) is 0 Å². The van der Waals surface area contributed by atoms with Gasteiger partial charge in [-0.25, -0.2) is 4.39 Å². The Balaban J connectivity index is 2.00. The molecule has 1 fully saturated rings. The second kappa shape index (κ2) is 6.16. The molecule has 2 rings (SSSR count). The maximum Gasteiger partial charge on any atom is 0.289 e. The number of thioether (sulfide) groups is 1. The van der Waals surface area contributed by atoms with E-state index in [4.69, 9.17) is 5.73 Å². The number of halogens is 1. The molecule has 4 nitrogen and oxygen atoms in total. The zero-order chi connectivity index (χ0) is 13.8. The average Bonchev–Trinajstić information content (AvgIpc) is 2.65. The first-order chi connectivity index (χ1) is 9.11. The van der Waals surface area contributed by atoms with Gasteiger partial charge >= 0.3 is 0 Å². The fourth-order valence-electron chi connectivity index (χ4n) is 1.91. The summed E-state index contributed by atoms with van der Waals surface area (Å²) in [7, 11) is 0. The maximum absolute atomic E-state index is 12.8. The minimum Gasteiger partial charge on any atom is -0.330 e. The highest BCUT2D eigenvalue weighted by Gasteiger charge is 2.38. The predicted octanol–water partition coefficient (Wildman–Crippen LogP) is 1.78. The number of benzene rings is 1. The van der Waals surface area contributed by atoms with Gasteiger partial charge in [0.05, 0.1) is 5.25 Å². The van der Waals surface area contributed by atoms with E-state index in [-0.39, 0.29) is 17.0 Å². The van der Waals surface area contributed by atoms with Crippen LogP contribution in [0, 0.1) is 5.82 Å². The Morgan fingerprint density at radius 1 is 1.26 bits per heavy atom.